The number of nitrogens with one attached hydrogen (secondary N) is 1. The molecule has 122 valence electrons. The summed E-state index contributed by atoms with van der Waals surface area (Å²) in [6.45, 7) is 0.0727. The van der Waals surface area contributed by atoms with Crippen LogP contribution >= 0.6 is 11.6 Å². The average molecular weight is 336 g/mol. The van der Waals surface area contributed by atoms with Gasteiger partial charge in [0, 0.05) is 18.0 Å². The lowest BCUT2D eigenvalue weighted by atomic mass is 10.1. The van der Waals surface area contributed by atoms with Crippen LogP contribution in [0.15, 0.2) is 48.5 Å². The van der Waals surface area contributed by atoms with Crippen LogP contribution in [0, 0.1) is 5.82 Å². The second-order valence-corrected chi connectivity index (χ2v) is 5.79. The van der Waals surface area contributed by atoms with Crippen molar-refractivity contribution in [2.24, 2.45) is 0 Å². The Morgan fingerprint density at radius 2 is 1.96 bits per heavy atom. The minimum Gasteiger partial charge on any atom is -0.387 e. The van der Waals surface area contributed by atoms with Crippen molar-refractivity contribution >= 4 is 17.5 Å². The Balaban J connectivity index is 1.69. The first-order valence-electron chi connectivity index (χ1n) is 7.49. The maximum absolute atomic E-state index is 13.1. The van der Waals surface area contributed by atoms with Gasteiger partial charge in [-0.15, -0.1) is 0 Å². The number of hydrogen-bond donors (Lipinski definition) is 2. The van der Waals surface area contributed by atoms with E-state index in [1.165, 1.54) is 18.2 Å². The second kappa shape index (κ2) is 8.65. The predicted molar refractivity (Wildman–Crippen MR) is 88.8 cm³/mol. The molecule has 0 saturated carbocycles. The Morgan fingerprint density at radius 3 is 2.65 bits per heavy atom. The molecule has 2 N–H and O–H groups in total. The Hall–Kier alpha value is -1.91. The van der Waals surface area contributed by atoms with Gasteiger partial charge in [0.1, 0.15) is 5.82 Å². The fourth-order valence-electron chi connectivity index (χ4n) is 2.23. The number of rotatable bonds is 7. The summed E-state index contributed by atoms with van der Waals surface area (Å²) >= 11 is 5.82. The molecule has 5 heteroatoms. The van der Waals surface area contributed by atoms with Crippen LogP contribution in [-0.4, -0.2) is 17.6 Å². The summed E-state index contributed by atoms with van der Waals surface area (Å²) in [4.78, 5) is 11.8. The lowest BCUT2D eigenvalue weighted by Crippen LogP contribution is -2.28. The first-order chi connectivity index (χ1) is 11.0. The Kier molecular flexibility index (Phi) is 6.56. The summed E-state index contributed by atoms with van der Waals surface area (Å²) in [5.41, 5.74) is 1.58. The third-order valence-electron chi connectivity index (χ3n) is 3.51. The van der Waals surface area contributed by atoms with Crippen LogP contribution in [0.3, 0.4) is 0 Å². The molecular formula is C18H19ClFNO2. The van der Waals surface area contributed by atoms with E-state index in [2.05, 4.69) is 5.32 Å². The zero-order valence-corrected chi connectivity index (χ0v) is 13.4. The summed E-state index contributed by atoms with van der Waals surface area (Å²) < 4.78 is 13.1. The van der Waals surface area contributed by atoms with Crippen LogP contribution in [0.4, 0.5) is 4.39 Å². The standard InChI is InChI=1S/C18H19ClFNO2/c19-15-9-7-13(8-10-15)3-1-6-18(23)21-12-17(22)14-4-2-5-16(20)11-14/h2,4-5,7-11,17,22H,1,3,6,12H2,(H,21,23)/t17-/m0/s1. The fraction of sp³-hybridized carbons (Fsp3) is 0.278. The predicted octanol–water partition coefficient (Wildman–Crippen LogP) is 3.65. The van der Waals surface area contributed by atoms with Crippen molar-refractivity contribution in [2.75, 3.05) is 6.54 Å². The number of carbonyl (C=O) groups excluding carboxylic acids is 1. The normalized spacial score (nSPS) is 12.0. The summed E-state index contributed by atoms with van der Waals surface area (Å²) in [7, 11) is 0. The van der Waals surface area contributed by atoms with Gasteiger partial charge in [-0.1, -0.05) is 35.9 Å². The monoisotopic (exact) mass is 335 g/mol. The van der Waals surface area contributed by atoms with Gasteiger partial charge in [-0.3, -0.25) is 4.79 Å². The molecule has 0 aliphatic heterocycles. The van der Waals surface area contributed by atoms with E-state index in [9.17, 15) is 14.3 Å². The Labute approximate surface area is 140 Å². The number of amides is 1. The van der Waals surface area contributed by atoms with Crippen molar-refractivity contribution in [1.82, 2.24) is 5.32 Å². The van der Waals surface area contributed by atoms with Crippen molar-refractivity contribution in [3.63, 3.8) is 0 Å². The topological polar surface area (TPSA) is 49.3 Å². The van der Waals surface area contributed by atoms with E-state index in [0.717, 1.165) is 12.0 Å². The molecule has 1 amide bonds. The minimum absolute atomic E-state index is 0.0727. The third-order valence-corrected chi connectivity index (χ3v) is 3.76. The van der Waals surface area contributed by atoms with E-state index >= 15 is 0 Å². The number of aliphatic hydroxyl groups is 1. The van der Waals surface area contributed by atoms with Crippen molar-refractivity contribution in [1.29, 1.82) is 0 Å². The lowest BCUT2D eigenvalue weighted by molar-refractivity contribution is -0.121. The van der Waals surface area contributed by atoms with Gasteiger partial charge in [-0.2, -0.15) is 0 Å². The molecule has 0 unspecified atom stereocenters. The summed E-state index contributed by atoms with van der Waals surface area (Å²) in [6.07, 6.45) is 0.963. The number of aliphatic hydroxyl groups excluding tert-OH is 1. The summed E-state index contributed by atoms with van der Waals surface area (Å²) in [6, 6.07) is 13.3. The van der Waals surface area contributed by atoms with E-state index in [1.54, 1.807) is 6.07 Å². The van der Waals surface area contributed by atoms with Gasteiger partial charge in [0.25, 0.3) is 0 Å². The molecule has 0 radical (unpaired) electrons. The van der Waals surface area contributed by atoms with Crippen LogP contribution in [0.2, 0.25) is 5.02 Å². The second-order valence-electron chi connectivity index (χ2n) is 5.35. The maximum Gasteiger partial charge on any atom is 0.220 e. The molecule has 3 nitrogen and oxygen atoms in total. The van der Waals surface area contributed by atoms with Gasteiger partial charge in [-0.05, 0) is 48.2 Å². The summed E-state index contributed by atoms with van der Waals surface area (Å²) in [5, 5.41) is 13.3. The Morgan fingerprint density at radius 1 is 1.22 bits per heavy atom. The first kappa shape index (κ1) is 17.4. The smallest absolute Gasteiger partial charge is 0.220 e. The highest BCUT2D eigenvalue weighted by molar-refractivity contribution is 6.30. The van der Waals surface area contributed by atoms with E-state index in [0.29, 0.717) is 23.4 Å². The van der Waals surface area contributed by atoms with E-state index in [-0.39, 0.29) is 12.5 Å². The molecule has 0 heterocycles. The van der Waals surface area contributed by atoms with Crippen LogP contribution < -0.4 is 5.32 Å². The quantitative estimate of drug-likeness (QED) is 0.811. The molecule has 0 fully saturated rings. The average Bonchev–Trinajstić information content (AvgIpc) is 2.54. The number of carbonyl (C=O) groups is 1. The van der Waals surface area contributed by atoms with Crippen molar-refractivity contribution in [3.8, 4) is 0 Å². The molecule has 0 aliphatic carbocycles. The van der Waals surface area contributed by atoms with Gasteiger partial charge in [0.15, 0.2) is 0 Å². The lowest BCUT2D eigenvalue weighted by Gasteiger charge is -2.12. The van der Waals surface area contributed by atoms with E-state index < -0.39 is 11.9 Å². The van der Waals surface area contributed by atoms with Crippen LogP contribution in [-0.2, 0) is 11.2 Å². The number of aryl methyl sites for hydroxylation is 1. The van der Waals surface area contributed by atoms with Crippen LogP contribution in [0.25, 0.3) is 0 Å². The molecular weight excluding hydrogens is 317 g/mol. The third kappa shape index (κ3) is 6.00. The SMILES string of the molecule is O=C(CCCc1ccc(Cl)cc1)NC[C@H](O)c1cccc(F)c1. The highest BCUT2D eigenvalue weighted by atomic mass is 35.5. The zero-order chi connectivity index (χ0) is 16.7. The van der Waals surface area contributed by atoms with E-state index in [4.69, 9.17) is 11.6 Å². The molecule has 2 aromatic rings. The first-order valence-corrected chi connectivity index (χ1v) is 7.87. The van der Waals surface area contributed by atoms with Gasteiger partial charge in [-0.25, -0.2) is 4.39 Å². The largest absolute Gasteiger partial charge is 0.387 e. The van der Waals surface area contributed by atoms with Gasteiger partial charge in [0.05, 0.1) is 6.10 Å². The van der Waals surface area contributed by atoms with Crippen molar-refractivity contribution in [3.05, 3.63) is 70.5 Å². The zero-order valence-electron chi connectivity index (χ0n) is 12.6. The molecule has 2 rings (SSSR count). The fourth-order valence-corrected chi connectivity index (χ4v) is 2.36. The van der Waals surface area contributed by atoms with Gasteiger partial charge in [0.2, 0.25) is 5.91 Å². The van der Waals surface area contributed by atoms with Gasteiger partial charge >= 0.3 is 0 Å². The van der Waals surface area contributed by atoms with Crippen molar-refractivity contribution in [2.45, 2.75) is 25.4 Å². The van der Waals surface area contributed by atoms with E-state index in [1.807, 2.05) is 24.3 Å². The molecule has 0 saturated heterocycles. The number of benzene rings is 2. The molecule has 0 aliphatic rings. The number of hydrogen-bond acceptors (Lipinski definition) is 2. The van der Waals surface area contributed by atoms with Crippen LogP contribution in [0.5, 0.6) is 0 Å². The molecule has 2 aromatic carbocycles. The molecule has 0 bridgehead atoms. The highest BCUT2D eigenvalue weighted by Crippen LogP contribution is 2.14. The summed E-state index contributed by atoms with van der Waals surface area (Å²) in [5.74, 6) is -0.537. The molecule has 0 aromatic heterocycles. The van der Waals surface area contributed by atoms with Crippen molar-refractivity contribution < 1.29 is 14.3 Å². The minimum atomic E-state index is -0.911. The molecule has 0 spiro atoms. The van der Waals surface area contributed by atoms with Crippen LogP contribution in [0.1, 0.15) is 30.1 Å². The maximum atomic E-state index is 13.1. The van der Waals surface area contributed by atoms with Gasteiger partial charge < -0.3 is 10.4 Å². The number of halogens is 2. The Bertz CT molecular complexity index is 646. The molecule has 23 heavy (non-hydrogen) atoms. The highest BCUT2D eigenvalue weighted by Gasteiger charge is 2.10. The molecule has 1 atom stereocenters.